The van der Waals surface area contributed by atoms with Crippen LogP contribution in [0.4, 0.5) is 5.69 Å². The molecule has 0 bridgehead atoms. The van der Waals surface area contributed by atoms with Crippen molar-refractivity contribution in [2.75, 3.05) is 5.73 Å². The Morgan fingerprint density at radius 3 is 2.62 bits per heavy atom. The summed E-state index contributed by atoms with van der Waals surface area (Å²) in [6.07, 6.45) is 4.57. The summed E-state index contributed by atoms with van der Waals surface area (Å²) in [4.78, 5) is 12.5. The first-order valence-corrected chi connectivity index (χ1v) is 8.21. The number of carbonyl (C=O) groups excluding carboxylic acids is 1. The van der Waals surface area contributed by atoms with Gasteiger partial charge in [0.2, 0.25) is 0 Å². The largest absolute Gasteiger partial charge is 0.399 e. The van der Waals surface area contributed by atoms with Crippen molar-refractivity contribution in [2.24, 2.45) is 11.8 Å². The van der Waals surface area contributed by atoms with E-state index in [1.165, 1.54) is 6.42 Å². The van der Waals surface area contributed by atoms with Crippen molar-refractivity contribution in [3.05, 3.63) is 27.7 Å². The van der Waals surface area contributed by atoms with Gasteiger partial charge in [0.25, 0.3) is 5.91 Å². The third-order valence-corrected chi connectivity index (χ3v) is 5.09. The lowest BCUT2D eigenvalue weighted by molar-refractivity contribution is 0.0889. The van der Waals surface area contributed by atoms with Gasteiger partial charge in [-0.25, -0.2) is 0 Å². The maximum atomic E-state index is 12.5. The Balaban J connectivity index is 2.17. The Labute approximate surface area is 136 Å². The van der Waals surface area contributed by atoms with Gasteiger partial charge in [-0.2, -0.15) is 0 Å². The molecular formula is C16H22Cl2N2O. The van der Waals surface area contributed by atoms with Crippen molar-refractivity contribution in [2.45, 2.75) is 45.6 Å². The Morgan fingerprint density at radius 1 is 1.29 bits per heavy atom. The predicted octanol–water partition coefficient (Wildman–Crippen LogP) is 4.52. The van der Waals surface area contributed by atoms with E-state index >= 15 is 0 Å². The molecule has 1 aliphatic carbocycles. The summed E-state index contributed by atoms with van der Waals surface area (Å²) in [7, 11) is 0. The van der Waals surface area contributed by atoms with Crippen molar-refractivity contribution in [1.82, 2.24) is 5.32 Å². The molecule has 1 fully saturated rings. The van der Waals surface area contributed by atoms with Gasteiger partial charge in [0, 0.05) is 11.7 Å². The summed E-state index contributed by atoms with van der Waals surface area (Å²) in [5.74, 6) is 0.875. The monoisotopic (exact) mass is 328 g/mol. The molecule has 5 heteroatoms. The molecule has 1 aromatic carbocycles. The normalized spacial score (nSPS) is 22.3. The van der Waals surface area contributed by atoms with E-state index in [9.17, 15) is 4.79 Å². The Bertz CT molecular complexity index is 531. The third kappa shape index (κ3) is 3.83. The minimum atomic E-state index is -0.188. The van der Waals surface area contributed by atoms with Crippen molar-refractivity contribution >= 4 is 34.8 Å². The van der Waals surface area contributed by atoms with Crippen LogP contribution in [-0.4, -0.2) is 11.9 Å². The second kappa shape index (κ2) is 6.89. The number of hydrogen-bond acceptors (Lipinski definition) is 2. The van der Waals surface area contributed by atoms with E-state index in [1.54, 1.807) is 12.1 Å². The number of benzene rings is 1. The molecule has 0 saturated heterocycles. The van der Waals surface area contributed by atoms with Crippen LogP contribution in [0, 0.1) is 11.8 Å². The molecule has 1 aromatic rings. The van der Waals surface area contributed by atoms with E-state index in [0.717, 1.165) is 19.3 Å². The lowest BCUT2D eigenvalue weighted by Gasteiger charge is -2.35. The van der Waals surface area contributed by atoms with Gasteiger partial charge in [0.05, 0.1) is 15.6 Å². The average molecular weight is 329 g/mol. The molecule has 21 heavy (non-hydrogen) atoms. The topological polar surface area (TPSA) is 55.1 Å². The smallest absolute Gasteiger partial charge is 0.253 e. The highest BCUT2D eigenvalue weighted by atomic mass is 35.5. The zero-order valence-corrected chi connectivity index (χ0v) is 14.0. The molecule has 2 rings (SSSR count). The highest BCUT2D eigenvalue weighted by Crippen LogP contribution is 2.32. The van der Waals surface area contributed by atoms with Crippen LogP contribution in [0.25, 0.3) is 0 Å². The van der Waals surface area contributed by atoms with E-state index in [2.05, 4.69) is 19.2 Å². The summed E-state index contributed by atoms with van der Waals surface area (Å²) < 4.78 is 0. The number of carbonyl (C=O) groups is 1. The number of nitrogen functional groups attached to an aromatic ring is 1. The van der Waals surface area contributed by atoms with Crippen LogP contribution in [-0.2, 0) is 0 Å². The summed E-state index contributed by atoms with van der Waals surface area (Å²) in [6, 6.07) is 3.33. The molecule has 3 nitrogen and oxygen atoms in total. The molecule has 1 aliphatic rings. The van der Waals surface area contributed by atoms with Gasteiger partial charge in [-0.3, -0.25) is 4.79 Å². The summed E-state index contributed by atoms with van der Waals surface area (Å²) in [5, 5.41) is 3.70. The SMILES string of the molecule is CC(C)C1CCCCC1NC(=O)c1cc(N)cc(Cl)c1Cl. The third-order valence-electron chi connectivity index (χ3n) is 4.29. The Hall–Kier alpha value is -0.930. The molecule has 0 aromatic heterocycles. The predicted molar refractivity (Wildman–Crippen MR) is 88.9 cm³/mol. The first-order chi connectivity index (χ1) is 9.90. The zero-order chi connectivity index (χ0) is 15.6. The average Bonchev–Trinajstić information content (AvgIpc) is 2.43. The standard InChI is InChI=1S/C16H22Cl2N2O/c1-9(2)11-5-3-4-6-14(11)20-16(21)12-7-10(19)8-13(17)15(12)18/h7-9,11,14H,3-6,19H2,1-2H3,(H,20,21). The summed E-state index contributed by atoms with van der Waals surface area (Å²) in [5.41, 5.74) is 6.55. The quantitative estimate of drug-likeness (QED) is 0.801. The molecule has 116 valence electrons. The number of halogens is 2. The van der Waals surface area contributed by atoms with Gasteiger partial charge in [-0.1, -0.05) is 49.9 Å². The number of hydrogen-bond donors (Lipinski definition) is 2. The van der Waals surface area contributed by atoms with Crippen LogP contribution in [0.3, 0.4) is 0 Å². The fourth-order valence-corrected chi connectivity index (χ4v) is 3.58. The van der Waals surface area contributed by atoms with Gasteiger partial charge in [-0.05, 0) is 36.8 Å². The van der Waals surface area contributed by atoms with Crippen LogP contribution >= 0.6 is 23.2 Å². The molecule has 0 heterocycles. The highest BCUT2D eigenvalue weighted by Gasteiger charge is 2.29. The van der Waals surface area contributed by atoms with Crippen LogP contribution in [0.5, 0.6) is 0 Å². The van der Waals surface area contributed by atoms with Crippen molar-refractivity contribution < 1.29 is 4.79 Å². The lowest BCUT2D eigenvalue weighted by atomic mass is 9.78. The van der Waals surface area contributed by atoms with Crippen LogP contribution in [0.2, 0.25) is 10.0 Å². The van der Waals surface area contributed by atoms with Crippen LogP contribution in [0.15, 0.2) is 12.1 Å². The van der Waals surface area contributed by atoms with E-state index in [-0.39, 0.29) is 17.0 Å². The molecule has 1 amide bonds. The molecule has 0 aliphatic heterocycles. The fourth-order valence-electron chi connectivity index (χ4n) is 3.16. The van der Waals surface area contributed by atoms with Crippen molar-refractivity contribution in [3.63, 3.8) is 0 Å². The molecule has 0 spiro atoms. The second-order valence-corrected chi connectivity index (χ2v) is 6.92. The molecule has 1 saturated carbocycles. The van der Waals surface area contributed by atoms with Gasteiger partial charge >= 0.3 is 0 Å². The number of rotatable bonds is 3. The fraction of sp³-hybridized carbons (Fsp3) is 0.562. The maximum absolute atomic E-state index is 12.5. The molecule has 0 radical (unpaired) electrons. The Morgan fingerprint density at radius 2 is 1.95 bits per heavy atom. The van der Waals surface area contributed by atoms with E-state index < -0.39 is 0 Å². The van der Waals surface area contributed by atoms with Gasteiger partial charge in [0.15, 0.2) is 0 Å². The van der Waals surface area contributed by atoms with Crippen LogP contribution in [0.1, 0.15) is 49.9 Å². The summed E-state index contributed by atoms with van der Waals surface area (Å²) >= 11 is 12.1. The number of amides is 1. The summed E-state index contributed by atoms with van der Waals surface area (Å²) in [6.45, 7) is 4.42. The minimum absolute atomic E-state index is 0.188. The molecular weight excluding hydrogens is 307 g/mol. The molecule has 2 unspecified atom stereocenters. The molecule has 3 N–H and O–H groups in total. The van der Waals surface area contributed by atoms with Gasteiger partial charge in [-0.15, -0.1) is 0 Å². The zero-order valence-electron chi connectivity index (χ0n) is 12.5. The number of nitrogens with two attached hydrogens (primary N) is 1. The van der Waals surface area contributed by atoms with Crippen molar-refractivity contribution in [1.29, 1.82) is 0 Å². The van der Waals surface area contributed by atoms with Gasteiger partial charge in [0.1, 0.15) is 0 Å². The number of anilines is 1. The minimum Gasteiger partial charge on any atom is -0.399 e. The van der Waals surface area contributed by atoms with Crippen LogP contribution < -0.4 is 11.1 Å². The second-order valence-electron chi connectivity index (χ2n) is 6.14. The van der Waals surface area contributed by atoms with E-state index in [4.69, 9.17) is 28.9 Å². The maximum Gasteiger partial charge on any atom is 0.253 e. The Kier molecular flexibility index (Phi) is 5.39. The number of nitrogens with one attached hydrogen (secondary N) is 1. The van der Waals surface area contributed by atoms with E-state index in [1.807, 2.05) is 0 Å². The highest BCUT2D eigenvalue weighted by molar-refractivity contribution is 6.44. The first kappa shape index (κ1) is 16.4. The van der Waals surface area contributed by atoms with Crippen molar-refractivity contribution in [3.8, 4) is 0 Å². The van der Waals surface area contributed by atoms with Gasteiger partial charge < -0.3 is 11.1 Å². The lowest BCUT2D eigenvalue weighted by Crippen LogP contribution is -2.44. The molecule has 2 atom stereocenters. The first-order valence-electron chi connectivity index (χ1n) is 7.45. The van der Waals surface area contributed by atoms with E-state index in [0.29, 0.717) is 28.1 Å².